The van der Waals surface area contributed by atoms with Crippen molar-refractivity contribution in [2.75, 3.05) is 123 Å². The summed E-state index contributed by atoms with van der Waals surface area (Å²) < 4.78 is 34.6. The molecule has 2 aromatic heterocycles. The lowest BCUT2D eigenvalue weighted by molar-refractivity contribution is 0.0145. The van der Waals surface area contributed by atoms with E-state index >= 15 is 0 Å². The highest BCUT2D eigenvalue weighted by molar-refractivity contribution is 7.13. The molecule has 7 rings (SSSR count). The zero-order chi connectivity index (χ0) is 57.5. The number of hydrogen-bond donors (Lipinski definition) is 1. The Morgan fingerprint density at radius 1 is 0.451 bits per heavy atom. The molecule has 0 fully saturated rings. The second-order valence-corrected chi connectivity index (χ2v) is 22.9. The first-order valence-electron chi connectivity index (χ1n) is 29.9. The summed E-state index contributed by atoms with van der Waals surface area (Å²) in [6.45, 7) is 15.7. The second kappa shape index (κ2) is 36.0. The number of likely N-dealkylation sites (N-methyl/N-ethyl adjacent to an activating group) is 1. The van der Waals surface area contributed by atoms with Crippen LogP contribution in [0.2, 0.25) is 0 Å². The summed E-state index contributed by atoms with van der Waals surface area (Å²) in [4.78, 5) is 9.09. The van der Waals surface area contributed by atoms with Crippen LogP contribution < -0.4 is 9.80 Å². The number of unbranched alkanes of at least 4 members (excludes halogenated alkanes) is 6. The maximum Gasteiger partial charge on any atom is 0.0778 e. The maximum atomic E-state index is 9.46. The summed E-state index contributed by atoms with van der Waals surface area (Å²) in [5.41, 5.74) is 11.1. The number of nitrogens with zero attached hydrogens (tertiary/aromatic N) is 2. The van der Waals surface area contributed by atoms with Crippen molar-refractivity contribution in [3.63, 3.8) is 0 Å². The highest BCUT2D eigenvalue weighted by atomic mass is 32.1. The molecule has 0 atom stereocenters. The number of anilines is 2. The van der Waals surface area contributed by atoms with E-state index in [1.807, 2.05) is 0 Å². The molecule has 2 heterocycles. The van der Waals surface area contributed by atoms with Gasteiger partial charge in [0.05, 0.1) is 69.2 Å². The average molecular weight is 1150 g/mol. The van der Waals surface area contributed by atoms with Crippen molar-refractivity contribution in [3.05, 3.63) is 162 Å². The van der Waals surface area contributed by atoms with Gasteiger partial charge in [-0.15, -0.1) is 22.7 Å². The molecular formula is C71H88N2O7S2. The standard InChI is InChI=1S/C71H88N2O7S2/c1-6-9-11-13-41-73(42-14-12-10-7-2)62-27-17-58(18-28-62)20-30-64-34-36-66(82-64)32-22-60-24-38-68-67-37-23-59(21-31-65-35-33-63(81-65)29-19-57-15-25-61(26-16-57)72(8-3)43-44-74)55-69(67)71(70(68)56-60,39-45-77-51-53-79-49-47-75-4)40-46-78-52-54-80-50-48-76-5/h15-20,23-30,33-38,55-56,74H,6-14,39-54H2,1-5H3/b29-19+,30-20+. The van der Waals surface area contributed by atoms with Gasteiger partial charge in [-0.3, -0.25) is 0 Å². The monoisotopic (exact) mass is 1140 g/mol. The number of ether oxygens (including phenoxy) is 6. The molecule has 0 saturated carbocycles. The van der Waals surface area contributed by atoms with Crippen molar-refractivity contribution in [2.24, 2.45) is 0 Å². The lowest BCUT2D eigenvalue weighted by atomic mass is 9.72. The van der Waals surface area contributed by atoms with E-state index in [1.54, 1.807) is 36.9 Å². The molecule has 1 aliphatic carbocycles. The van der Waals surface area contributed by atoms with Crippen molar-refractivity contribution in [1.82, 2.24) is 0 Å². The smallest absolute Gasteiger partial charge is 0.0778 e. The lowest BCUT2D eigenvalue weighted by Crippen LogP contribution is -2.30. The molecule has 1 aliphatic rings. The van der Waals surface area contributed by atoms with Gasteiger partial charge in [0.1, 0.15) is 0 Å². The van der Waals surface area contributed by atoms with E-state index in [1.165, 1.54) is 89.7 Å². The van der Waals surface area contributed by atoms with Crippen molar-refractivity contribution >= 4 is 58.4 Å². The quantitative estimate of drug-likeness (QED) is 0.0303. The van der Waals surface area contributed by atoms with Crippen molar-refractivity contribution in [1.29, 1.82) is 0 Å². The van der Waals surface area contributed by atoms with Crippen LogP contribution in [0.3, 0.4) is 0 Å². The van der Waals surface area contributed by atoms with E-state index in [4.69, 9.17) is 28.4 Å². The van der Waals surface area contributed by atoms with Gasteiger partial charge in [0.15, 0.2) is 0 Å². The number of thiophene rings is 2. The molecule has 9 nitrogen and oxygen atoms in total. The Balaban J connectivity index is 1.11. The Kier molecular flexibility index (Phi) is 28.0. The predicted octanol–water partition coefficient (Wildman–Crippen LogP) is 15.1. The Morgan fingerprint density at radius 3 is 1.32 bits per heavy atom. The molecule has 11 heteroatoms. The summed E-state index contributed by atoms with van der Waals surface area (Å²) in [6, 6.07) is 39.5. The summed E-state index contributed by atoms with van der Waals surface area (Å²) in [7, 11) is 3.36. The SMILES string of the molecule is CCCCCCN(CCCCCC)c1ccc(/C=C/c2ccc(C#Cc3ccc4c(c3)C(CCOCCOCCOC)(CCOCCOCCOC)c3cc(C#Cc5ccc(/C=C/c6ccc(N(CC)CCO)cc6)s5)ccc3-4)s2)cc1. The van der Waals surface area contributed by atoms with E-state index in [2.05, 4.69) is 188 Å². The molecule has 6 aromatic rings. The molecule has 82 heavy (non-hydrogen) atoms. The fourth-order valence-electron chi connectivity index (χ4n) is 10.4. The Hall–Kier alpha value is -5.80. The molecule has 0 amide bonds. The third kappa shape index (κ3) is 19.9. The molecule has 4 aromatic carbocycles. The minimum Gasteiger partial charge on any atom is -0.395 e. The van der Waals surface area contributed by atoms with Crippen LogP contribution in [0.1, 0.15) is 138 Å². The maximum absolute atomic E-state index is 9.46. The van der Waals surface area contributed by atoms with E-state index in [0.29, 0.717) is 72.6 Å². The fourth-order valence-corrected chi connectivity index (χ4v) is 11.9. The van der Waals surface area contributed by atoms with Gasteiger partial charge < -0.3 is 43.3 Å². The van der Waals surface area contributed by atoms with Gasteiger partial charge in [-0.25, -0.2) is 0 Å². The molecule has 0 saturated heterocycles. The van der Waals surface area contributed by atoms with Crippen molar-refractivity contribution < 1.29 is 33.5 Å². The first-order valence-corrected chi connectivity index (χ1v) is 31.5. The van der Waals surface area contributed by atoms with Gasteiger partial charge >= 0.3 is 0 Å². The van der Waals surface area contributed by atoms with E-state index in [-0.39, 0.29) is 6.61 Å². The zero-order valence-corrected chi connectivity index (χ0v) is 51.1. The topological polar surface area (TPSA) is 82.1 Å². The van der Waals surface area contributed by atoms with Crippen molar-refractivity contribution in [2.45, 2.75) is 90.4 Å². The van der Waals surface area contributed by atoms with Gasteiger partial charge in [-0.05, 0) is 151 Å². The normalized spacial score (nSPS) is 12.4. The summed E-state index contributed by atoms with van der Waals surface area (Å²) in [5.74, 6) is 14.1. The molecule has 0 spiro atoms. The van der Waals surface area contributed by atoms with Gasteiger partial charge in [0, 0.05) is 91.3 Å². The van der Waals surface area contributed by atoms with Crippen molar-refractivity contribution in [3.8, 4) is 34.8 Å². The zero-order valence-electron chi connectivity index (χ0n) is 49.5. The van der Waals surface area contributed by atoms with Gasteiger partial charge in [-0.2, -0.15) is 0 Å². The van der Waals surface area contributed by atoms with Crippen LogP contribution in [0.4, 0.5) is 11.4 Å². The third-order valence-electron chi connectivity index (χ3n) is 14.9. The van der Waals surface area contributed by atoms with Gasteiger partial charge in [0.25, 0.3) is 0 Å². The predicted molar refractivity (Wildman–Crippen MR) is 346 cm³/mol. The van der Waals surface area contributed by atoms with E-state index < -0.39 is 5.41 Å². The van der Waals surface area contributed by atoms with Crippen LogP contribution in [0.5, 0.6) is 0 Å². The molecule has 0 radical (unpaired) electrons. The number of benzene rings is 4. The van der Waals surface area contributed by atoms with Crippen LogP contribution in [-0.2, 0) is 33.8 Å². The number of fused-ring (bicyclic) bond motifs is 3. The number of hydrogen-bond acceptors (Lipinski definition) is 11. The van der Waals surface area contributed by atoms with E-state index in [9.17, 15) is 5.11 Å². The second-order valence-electron chi connectivity index (χ2n) is 20.7. The first kappa shape index (κ1) is 63.8. The first-order chi connectivity index (χ1) is 40.4. The minimum atomic E-state index is -0.443. The molecule has 436 valence electrons. The Labute approximate surface area is 499 Å². The lowest BCUT2D eigenvalue weighted by Gasteiger charge is -2.32. The number of aliphatic hydroxyl groups excluding tert-OH is 1. The number of aliphatic hydroxyl groups is 1. The summed E-state index contributed by atoms with van der Waals surface area (Å²) in [6.07, 6.45) is 20.4. The van der Waals surface area contributed by atoms with Crippen LogP contribution in [0.25, 0.3) is 35.4 Å². The molecule has 0 bridgehead atoms. The van der Waals surface area contributed by atoms with Gasteiger partial charge in [-0.1, -0.05) is 125 Å². The van der Waals surface area contributed by atoms with Crippen LogP contribution >= 0.6 is 22.7 Å². The molecular weight excluding hydrogens is 1060 g/mol. The highest BCUT2D eigenvalue weighted by Crippen LogP contribution is 2.53. The molecule has 0 unspecified atom stereocenters. The molecule has 1 N–H and O–H groups in total. The van der Waals surface area contributed by atoms with Gasteiger partial charge in [0.2, 0.25) is 0 Å². The largest absolute Gasteiger partial charge is 0.395 e. The fraction of sp³-hybridized carbons (Fsp3) is 0.437. The Morgan fingerprint density at radius 2 is 0.890 bits per heavy atom. The highest BCUT2D eigenvalue weighted by Gasteiger charge is 2.43. The molecule has 0 aliphatic heterocycles. The van der Waals surface area contributed by atoms with Crippen LogP contribution in [0.15, 0.2) is 109 Å². The third-order valence-corrected chi connectivity index (χ3v) is 16.9. The summed E-state index contributed by atoms with van der Waals surface area (Å²) >= 11 is 3.40. The number of methoxy groups -OCH3 is 2. The minimum absolute atomic E-state index is 0.134. The summed E-state index contributed by atoms with van der Waals surface area (Å²) in [5, 5.41) is 9.46. The van der Waals surface area contributed by atoms with E-state index in [0.717, 1.165) is 69.5 Å². The van der Waals surface area contributed by atoms with Crippen LogP contribution in [-0.4, -0.2) is 118 Å². The van der Waals surface area contributed by atoms with Crippen LogP contribution in [0, 0.1) is 23.7 Å². The number of rotatable bonds is 37. The average Bonchev–Trinajstić information content (AvgIpc) is 2.52. The Bertz CT molecular complexity index is 2960.